The number of fused-ring (bicyclic) bond motifs is 1. The number of carbonyl (C=O) groups is 1. The molecule has 0 bridgehead atoms. The first kappa shape index (κ1) is 14.2. The highest BCUT2D eigenvalue weighted by molar-refractivity contribution is 7.89. The van der Waals surface area contributed by atoms with E-state index in [9.17, 15) is 13.2 Å². The minimum Gasteiger partial charge on any atom is -0.361 e. The molecule has 112 valence electrons. The normalized spacial score (nSPS) is 15.5. The summed E-state index contributed by atoms with van der Waals surface area (Å²) in [5.41, 5.74) is 2.50. The lowest BCUT2D eigenvalue weighted by Gasteiger charge is -2.03. The van der Waals surface area contributed by atoms with Gasteiger partial charge in [0.1, 0.15) is 0 Å². The van der Waals surface area contributed by atoms with E-state index in [0.717, 1.165) is 0 Å². The van der Waals surface area contributed by atoms with Gasteiger partial charge in [0.2, 0.25) is 10.0 Å². The number of pyridine rings is 1. The van der Waals surface area contributed by atoms with Crippen LogP contribution in [0.15, 0.2) is 53.8 Å². The lowest BCUT2D eigenvalue weighted by atomic mass is 10.1. The highest BCUT2D eigenvalue weighted by Crippen LogP contribution is 2.30. The zero-order valence-electron chi connectivity index (χ0n) is 11.3. The Hall–Kier alpha value is -2.71. The largest absolute Gasteiger partial charge is 0.361 e. The lowest BCUT2D eigenvalue weighted by Crippen LogP contribution is -2.11. The molecule has 1 amide bonds. The van der Waals surface area contributed by atoms with Crippen molar-refractivity contribution in [1.82, 2.24) is 4.98 Å². The molecule has 3 rings (SSSR count). The van der Waals surface area contributed by atoms with E-state index in [0.29, 0.717) is 22.5 Å². The predicted octanol–water partition coefficient (Wildman–Crippen LogP) is 1.13. The van der Waals surface area contributed by atoms with E-state index in [4.69, 9.17) is 5.14 Å². The molecular weight excluding hydrogens is 304 g/mol. The van der Waals surface area contributed by atoms with Gasteiger partial charge in [-0.05, 0) is 30.3 Å². The molecule has 0 aliphatic carbocycles. The van der Waals surface area contributed by atoms with Gasteiger partial charge < -0.3 is 10.6 Å². The van der Waals surface area contributed by atoms with E-state index in [1.165, 1.54) is 12.1 Å². The predicted molar refractivity (Wildman–Crippen MR) is 82.3 cm³/mol. The zero-order valence-corrected chi connectivity index (χ0v) is 12.1. The summed E-state index contributed by atoms with van der Waals surface area (Å²) in [6.07, 6.45) is 4.75. The first-order valence-corrected chi connectivity index (χ1v) is 7.85. The lowest BCUT2D eigenvalue weighted by molar-refractivity contribution is -0.110. The maximum absolute atomic E-state index is 11.9. The van der Waals surface area contributed by atoms with Crippen LogP contribution in [-0.4, -0.2) is 19.3 Å². The van der Waals surface area contributed by atoms with Crippen molar-refractivity contribution < 1.29 is 13.2 Å². The number of nitrogens with zero attached hydrogens (tertiary/aromatic N) is 1. The van der Waals surface area contributed by atoms with Crippen LogP contribution in [-0.2, 0) is 14.8 Å². The summed E-state index contributed by atoms with van der Waals surface area (Å²) in [6, 6.07) is 7.62. The van der Waals surface area contributed by atoms with Gasteiger partial charge in [-0.25, -0.2) is 13.6 Å². The van der Waals surface area contributed by atoms with Crippen molar-refractivity contribution in [2.45, 2.75) is 4.90 Å². The first-order valence-electron chi connectivity index (χ1n) is 6.30. The summed E-state index contributed by atoms with van der Waals surface area (Å²) in [4.78, 5) is 15.9. The van der Waals surface area contributed by atoms with Crippen molar-refractivity contribution in [1.29, 1.82) is 0 Å². The molecule has 2 aromatic rings. The highest BCUT2D eigenvalue weighted by Gasteiger charge is 2.23. The number of sulfonamides is 1. The van der Waals surface area contributed by atoms with Crippen LogP contribution < -0.4 is 15.8 Å². The molecule has 4 N–H and O–H groups in total. The third-order valence-electron chi connectivity index (χ3n) is 3.17. The highest BCUT2D eigenvalue weighted by atomic mass is 32.2. The fourth-order valence-electron chi connectivity index (χ4n) is 2.07. The number of nitrogens with two attached hydrogens (primary N) is 1. The van der Waals surface area contributed by atoms with Crippen LogP contribution in [0.1, 0.15) is 5.56 Å². The number of anilines is 2. The minimum atomic E-state index is -3.71. The van der Waals surface area contributed by atoms with Gasteiger partial charge in [-0.15, -0.1) is 0 Å². The molecule has 1 aliphatic rings. The number of primary sulfonamides is 1. The number of rotatable bonds is 3. The standard InChI is InChI=1S/C14H12N4O3S/c15-22(20,21)10-3-1-9(2-4-10)17-8-12-11-7-16-6-5-13(11)18-14(12)19/h1-8,17H,(H,18,19)(H2,15,20,21). The third kappa shape index (κ3) is 2.69. The van der Waals surface area contributed by atoms with Gasteiger partial charge in [-0.2, -0.15) is 0 Å². The molecule has 0 fully saturated rings. The van der Waals surface area contributed by atoms with Crippen molar-refractivity contribution in [2.75, 3.05) is 10.6 Å². The second-order valence-electron chi connectivity index (χ2n) is 4.65. The average Bonchev–Trinajstić information content (AvgIpc) is 2.80. The Balaban J connectivity index is 1.84. The summed E-state index contributed by atoms with van der Waals surface area (Å²) in [6.45, 7) is 0. The molecule has 2 heterocycles. The molecule has 0 saturated heterocycles. The molecule has 1 aromatic heterocycles. The number of aromatic nitrogens is 1. The van der Waals surface area contributed by atoms with Gasteiger partial charge >= 0.3 is 0 Å². The number of carbonyl (C=O) groups excluding carboxylic acids is 1. The van der Waals surface area contributed by atoms with Gasteiger partial charge in [0, 0.05) is 29.8 Å². The number of amides is 1. The molecule has 1 aromatic carbocycles. The van der Waals surface area contributed by atoms with Gasteiger partial charge in [-0.1, -0.05) is 0 Å². The molecule has 7 nitrogen and oxygen atoms in total. The molecule has 0 radical (unpaired) electrons. The van der Waals surface area contributed by atoms with Crippen molar-refractivity contribution in [2.24, 2.45) is 5.14 Å². The van der Waals surface area contributed by atoms with Crippen LogP contribution >= 0.6 is 0 Å². The van der Waals surface area contributed by atoms with E-state index < -0.39 is 10.0 Å². The van der Waals surface area contributed by atoms with Gasteiger partial charge in [0.05, 0.1) is 16.2 Å². The van der Waals surface area contributed by atoms with Crippen molar-refractivity contribution >= 4 is 32.9 Å². The van der Waals surface area contributed by atoms with Gasteiger partial charge in [-0.3, -0.25) is 9.78 Å². The maximum atomic E-state index is 11.9. The number of nitrogens with one attached hydrogen (secondary N) is 2. The Morgan fingerprint density at radius 3 is 2.59 bits per heavy atom. The van der Waals surface area contributed by atoms with Crippen molar-refractivity contribution in [3.8, 4) is 0 Å². The van der Waals surface area contributed by atoms with E-state index in [-0.39, 0.29) is 10.8 Å². The monoisotopic (exact) mass is 316 g/mol. The summed E-state index contributed by atoms with van der Waals surface area (Å²) in [5, 5.41) is 10.7. The molecule has 22 heavy (non-hydrogen) atoms. The van der Waals surface area contributed by atoms with E-state index in [1.54, 1.807) is 36.8 Å². The summed E-state index contributed by atoms with van der Waals surface area (Å²) >= 11 is 0. The maximum Gasteiger partial charge on any atom is 0.257 e. The molecule has 0 unspecified atom stereocenters. The number of hydrogen-bond donors (Lipinski definition) is 3. The molecule has 8 heteroatoms. The average molecular weight is 316 g/mol. The fourth-order valence-corrected chi connectivity index (χ4v) is 2.59. The van der Waals surface area contributed by atoms with Crippen LogP contribution in [0.5, 0.6) is 0 Å². The van der Waals surface area contributed by atoms with Crippen LogP contribution in [0.4, 0.5) is 11.4 Å². The summed E-state index contributed by atoms with van der Waals surface area (Å²) < 4.78 is 22.4. The van der Waals surface area contributed by atoms with Crippen molar-refractivity contribution in [3.05, 3.63) is 54.5 Å². The number of benzene rings is 1. The quantitative estimate of drug-likeness (QED) is 0.735. The Labute approximate surface area is 126 Å². The second kappa shape index (κ2) is 5.24. The van der Waals surface area contributed by atoms with Crippen molar-refractivity contribution in [3.63, 3.8) is 0 Å². The van der Waals surface area contributed by atoms with Crippen LogP contribution in [0.25, 0.3) is 5.57 Å². The second-order valence-corrected chi connectivity index (χ2v) is 6.21. The van der Waals surface area contributed by atoms with E-state index in [1.807, 2.05) is 0 Å². The van der Waals surface area contributed by atoms with Crippen LogP contribution in [0.3, 0.4) is 0 Å². The minimum absolute atomic E-state index is 0.0267. The smallest absolute Gasteiger partial charge is 0.257 e. The Bertz CT molecular complexity index is 873. The molecule has 0 atom stereocenters. The summed E-state index contributed by atoms with van der Waals surface area (Å²) in [5.74, 6) is -0.225. The Morgan fingerprint density at radius 1 is 1.18 bits per heavy atom. The first-order chi connectivity index (χ1) is 10.4. The van der Waals surface area contributed by atoms with E-state index >= 15 is 0 Å². The SMILES string of the molecule is NS(=O)(=O)c1ccc(NC=C2C(=O)Nc3ccncc32)cc1. The summed E-state index contributed by atoms with van der Waals surface area (Å²) in [7, 11) is -3.71. The zero-order chi connectivity index (χ0) is 15.7. The third-order valence-corrected chi connectivity index (χ3v) is 4.10. The molecule has 1 aliphatic heterocycles. The molecule has 0 spiro atoms. The van der Waals surface area contributed by atoms with Gasteiger partial charge in [0.15, 0.2) is 0 Å². The number of hydrogen-bond acceptors (Lipinski definition) is 5. The molecule has 0 saturated carbocycles. The van der Waals surface area contributed by atoms with E-state index in [2.05, 4.69) is 15.6 Å². The molecular formula is C14H12N4O3S. The Morgan fingerprint density at radius 2 is 1.91 bits per heavy atom. The fraction of sp³-hybridized carbons (Fsp3) is 0. The Kier molecular flexibility index (Phi) is 3.39. The van der Waals surface area contributed by atoms with Crippen LogP contribution in [0.2, 0.25) is 0 Å². The van der Waals surface area contributed by atoms with Gasteiger partial charge in [0.25, 0.3) is 5.91 Å². The van der Waals surface area contributed by atoms with Crippen LogP contribution in [0, 0.1) is 0 Å². The topological polar surface area (TPSA) is 114 Å².